The van der Waals surface area contributed by atoms with Crippen LogP contribution in [0.25, 0.3) is 0 Å². The van der Waals surface area contributed by atoms with Crippen LogP contribution in [0.3, 0.4) is 0 Å². The van der Waals surface area contributed by atoms with Gasteiger partial charge in [0, 0.05) is 18.1 Å². The molecule has 1 aromatic carbocycles. The van der Waals surface area contributed by atoms with Crippen LogP contribution in [0.2, 0.25) is 15.1 Å². The highest BCUT2D eigenvalue weighted by Crippen LogP contribution is 2.32. The molecule has 1 aromatic rings. The summed E-state index contributed by atoms with van der Waals surface area (Å²) in [5.74, 6) is 0. The third kappa shape index (κ3) is 4.99. The summed E-state index contributed by atoms with van der Waals surface area (Å²) in [5.41, 5.74) is 1.04. The summed E-state index contributed by atoms with van der Waals surface area (Å²) in [5, 5.41) is 3.47. The van der Waals surface area contributed by atoms with Crippen LogP contribution in [-0.2, 0) is 10.0 Å². The molecule has 0 aromatic heterocycles. The molecular weight excluding hydrogens is 378 g/mol. The fraction of sp³-hybridized carbons (Fsp3) is 0.333. The van der Waals surface area contributed by atoms with E-state index in [0.29, 0.717) is 5.02 Å². The van der Waals surface area contributed by atoms with Gasteiger partial charge in [0.15, 0.2) is 0 Å². The Kier molecular flexibility index (Phi) is 7.27. The minimum absolute atomic E-state index is 0. The Hall–Kier alpha value is -0.0100. The molecule has 1 aliphatic rings. The molecule has 1 heterocycles. The Bertz CT molecular complexity index is 624. The molecule has 0 spiro atoms. The summed E-state index contributed by atoms with van der Waals surface area (Å²) in [6.07, 6.45) is 2.78. The second-order valence-electron chi connectivity index (χ2n) is 4.34. The molecule has 0 saturated heterocycles. The molecule has 9 heteroatoms. The van der Waals surface area contributed by atoms with Crippen molar-refractivity contribution >= 4 is 57.2 Å². The molecule has 0 aliphatic carbocycles. The van der Waals surface area contributed by atoms with Gasteiger partial charge in [-0.25, -0.2) is 13.1 Å². The van der Waals surface area contributed by atoms with E-state index in [9.17, 15) is 8.42 Å². The summed E-state index contributed by atoms with van der Waals surface area (Å²) in [6.45, 7) is 1.84. The first-order valence-corrected chi connectivity index (χ1v) is 8.54. The minimum atomic E-state index is -3.77. The van der Waals surface area contributed by atoms with E-state index in [1.54, 1.807) is 0 Å². The molecule has 2 N–H and O–H groups in total. The number of benzene rings is 1. The van der Waals surface area contributed by atoms with Crippen LogP contribution in [0.4, 0.5) is 0 Å². The summed E-state index contributed by atoms with van der Waals surface area (Å²) in [7, 11) is -3.77. The number of hydrogen-bond acceptors (Lipinski definition) is 3. The zero-order chi connectivity index (χ0) is 14.8. The smallest absolute Gasteiger partial charge is 0.243 e. The molecule has 0 saturated carbocycles. The number of hydrogen-bond donors (Lipinski definition) is 2. The monoisotopic (exact) mass is 390 g/mol. The quantitative estimate of drug-likeness (QED) is 0.774. The normalized spacial score (nSPS) is 15.3. The molecule has 0 radical (unpaired) electrons. The molecular formula is C12H14Cl4N2O2S. The Labute approximate surface area is 145 Å². The van der Waals surface area contributed by atoms with E-state index in [0.717, 1.165) is 25.1 Å². The van der Waals surface area contributed by atoms with E-state index in [1.165, 1.54) is 12.1 Å². The standard InChI is InChI=1S/C12H13Cl3N2O2S.ClH/c13-9-5-10(14)12(11(15)6-9)20(18,19)17-7-8-1-3-16-4-2-8;/h1,5-6,16-17H,2-4,7H2;1H. The number of sulfonamides is 1. The SMILES string of the molecule is Cl.O=S(=O)(NCC1=CCNCC1)c1c(Cl)cc(Cl)cc1Cl. The van der Waals surface area contributed by atoms with Gasteiger partial charge in [-0.05, 0) is 25.1 Å². The maximum absolute atomic E-state index is 12.3. The van der Waals surface area contributed by atoms with Crippen LogP contribution in [0, 0.1) is 0 Å². The summed E-state index contributed by atoms with van der Waals surface area (Å²) in [6, 6.07) is 2.71. The first-order valence-electron chi connectivity index (χ1n) is 5.93. The third-order valence-corrected chi connectivity index (χ3v) is 5.42. The maximum atomic E-state index is 12.3. The van der Waals surface area contributed by atoms with Crippen molar-refractivity contribution < 1.29 is 8.42 Å². The number of rotatable bonds is 4. The van der Waals surface area contributed by atoms with Gasteiger partial charge in [-0.3, -0.25) is 0 Å². The van der Waals surface area contributed by atoms with Gasteiger partial charge in [-0.2, -0.15) is 0 Å². The predicted molar refractivity (Wildman–Crippen MR) is 89.5 cm³/mol. The highest BCUT2D eigenvalue weighted by Gasteiger charge is 2.22. The predicted octanol–water partition coefficient (Wildman–Crippen LogP) is 3.27. The topological polar surface area (TPSA) is 58.2 Å². The van der Waals surface area contributed by atoms with Gasteiger partial charge in [-0.15, -0.1) is 12.4 Å². The molecule has 2 rings (SSSR count). The Morgan fingerprint density at radius 2 is 1.81 bits per heavy atom. The van der Waals surface area contributed by atoms with E-state index in [4.69, 9.17) is 34.8 Å². The van der Waals surface area contributed by atoms with Crippen molar-refractivity contribution in [2.75, 3.05) is 19.6 Å². The largest absolute Gasteiger partial charge is 0.313 e. The molecule has 0 bridgehead atoms. The summed E-state index contributed by atoms with van der Waals surface area (Å²) in [4.78, 5) is -0.139. The van der Waals surface area contributed by atoms with E-state index in [-0.39, 0.29) is 33.9 Å². The third-order valence-electron chi connectivity index (χ3n) is 2.88. The average molecular weight is 392 g/mol. The van der Waals surface area contributed by atoms with E-state index < -0.39 is 10.0 Å². The lowest BCUT2D eigenvalue weighted by Gasteiger charge is -2.15. The van der Waals surface area contributed by atoms with Gasteiger partial charge in [0.25, 0.3) is 0 Å². The second kappa shape index (κ2) is 8.02. The van der Waals surface area contributed by atoms with Crippen LogP contribution >= 0.6 is 47.2 Å². The molecule has 118 valence electrons. The summed E-state index contributed by atoms with van der Waals surface area (Å²) >= 11 is 17.6. The van der Waals surface area contributed by atoms with Crippen LogP contribution in [-0.4, -0.2) is 28.1 Å². The van der Waals surface area contributed by atoms with Gasteiger partial charge in [0.05, 0.1) is 10.0 Å². The van der Waals surface area contributed by atoms with Crippen molar-refractivity contribution in [3.63, 3.8) is 0 Å². The fourth-order valence-electron chi connectivity index (χ4n) is 1.88. The van der Waals surface area contributed by atoms with Gasteiger partial charge in [0.1, 0.15) is 4.90 Å². The molecule has 21 heavy (non-hydrogen) atoms. The lowest BCUT2D eigenvalue weighted by molar-refractivity contribution is 0.582. The molecule has 0 atom stereocenters. The maximum Gasteiger partial charge on any atom is 0.243 e. The van der Waals surface area contributed by atoms with Crippen molar-refractivity contribution in [3.8, 4) is 0 Å². The van der Waals surface area contributed by atoms with E-state index >= 15 is 0 Å². The van der Waals surface area contributed by atoms with Crippen LogP contribution in [0.1, 0.15) is 6.42 Å². The van der Waals surface area contributed by atoms with Gasteiger partial charge >= 0.3 is 0 Å². The average Bonchev–Trinajstić information content (AvgIpc) is 2.36. The van der Waals surface area contributed by atoms with Crippen molar-refractivity contribution in [1.29, 1.82) is 0 Å². The number of nitrogens with one attached hydrogen (secondary N) is 2. The molecule has 0 fully saturated rings. The molecule has 1 aliphatic heterocycles. The minimum Gasteiger partial charge on any atom is -0.313 e. The fourth-order valence-corrected chi connectivity index (χ4v) is 4.45. The second-order valence-corrected chi connectivity index (χ2v) is 7.29. The lowest BCUT2D eigenvalue weighted by Crippen LogP contribution is -2.30. The van der Waals surface area contributed by atoms with Crippen molar-refractivity contribution in [2.45, 2.75) is 11.3 Å². The van der Waals surface area contributed by atoms with E-state index in [1.807, 2.05) is 6.08 Å². The highest BCUT2D eigenvalue weighted by molar-refractivity contribution is 7.89. The van der Waals surface area contributed by atoms with E-state index in [2.05, 4.69) is 10.0 Å². The first-order chi connectivity index (χ1) is 9.40. The Balaban J connectivity index is 0.00000220. The van der Waals surface area contributed by atoms with Crippen molar-refractivity contribution in [3.05, 3.63) is 38.8 Å². The van der Waals surface area contributed by atoms with Crippen LogP contribution < -0.4 is 10.0 Å². The zero-order valence-electron chi connectivity index (χ0n) is 10.8. The first kappa shape index (κ1) is 19.0. The van der Waals surface area contributed by atoms with Crippen LogP contribution in [0.5, 0.6) is 0 Å². The Morgan fingerprint density at radius 1 is 1.19 bits per heavy atom. The zero-order valence-corrected chi connectivity index (χ0v) is 14.7. The van der Waals surface area contributed by atoms with Gasteiger partial charge in [0.2, 0.25) is 10.0 Å². The highest BCUT2D eigenvalue weighted by atomic mass is 35.5. The van der Waals surface area contributed by atoms with Crippen molar-refractivity contribution in [2.24, 2.45) is 0 Å². The molecule has 0 unspecified atom stereocenters. The van der Waals surface area contributed by atoms with Crippen molar-refractivity contribution in [1.82, 2.24) is 10.0 Å². The molecule has 4 nitrogen and oxygen atoms in total. The Morgan fingerprint density at radius 3 is 2.33 bits per heavy atom. The van der Waals surface area contributed by atoms with Gasteiger partial charge in [-0.1, -0.05) is 46.5 Å². The number of halogens is 4. The van der Waals surface area contributed by atoms with Gasteiger partial charge < -0.3 is 5.32 Å². The van der Waals surface area contributed by atoms with Crippen LogP contribution in [0.15, 0.2) is 28.7 Å². The lowest BCUT2D eigenvalue weighted by atomic mass is 10.1. The summed E-state index contributed by atoms with van der Waals surface area (Å²) < 4.78 is 27.0. The molecule has 0 amide bonds.